The van der Waals surface area contributed by atoms with Gasteiger partial charge in [0.05, 0.1) is 11.0 Å². The van der Waals surface area contributed by atoms with Crippen LogP contribution in [0.1, 0.15) is 0 Å². The number of nitrogens with zero attached hydrogens (tertiary/aromatic N) is 1. The van der Waals surface area contributed by atoms with E-state index in [4.69, 9.17) is 0 Å². The monoisotopic (exact) mass is 601 g/mol. The van der Waals surface area contributed by atoms with E-state index in [2.05, 4.69) is 168 Å². The summed E-state index contributed by atoms with van der Waals surface area (Å²) in [6.45, 7) is 0. The Morgan fingerprint density at radius 3 is 2.02 bits per heavy atom. The highest BCUT2D eigenvalue weighted by Crippen LogP contribution is 2.50. The average molecular weight is 602 g/mol. The molecule has 0 spiro atoms. The Morgan fingerprint density at radius 1 is 0.391 bits per heavy atom. The van der Waals surface area contributed by atoms with E-state index in [1.165, 1.54) is 92.2 Å². The van der Waals surface area contributed by atoms with Gasteiger partial charge in [-0.2, -0.15) is 0 Å². The van der Waals surface area contributed by atoms with Crippen molar-refractivity contribution in [3.63, 3.8) is 0 Å². The highest BCUT2D eigenvalue weighted by atomic mass is 32.2. The number of hydrogen-bond donors (Lipinski definition) is 0. The number of fused-ring (bicyclic) bond motifs is 7. The van der Waals surface area contributed by atoms with E-state index in [0.717, 1.165) is 0 Å². The highest BCUT2D eigenvalue weighted by molar-refractivity contribution is 7.99. The summed E-state index contributed by atoms with van der Waals surface area (Å²) in [5.41, 5.74) is 11.3. The van der Waals surface area contributed by atoms with E-state index >= 15 is 0 Å². The number of hydrogen-bond acceptors (Lipinski definition) is 1. The Morgan fingerprint density at radius 2 is 1.11 bits per heavy atom. The Bertz CT molecular complexity index is 2660. The zero-order valence-corrected chi connectivity index (χ0v) is 25.8. The Kier molecular flexibility index (Phi) is 5.58. The molecular formula is C44H27NS. The summed E-state index contributed by atoms with van der Waals surface area (Å²) in [7, 11) is 0. The predicted molar refractivity (Wildman–Crippen MR) is 196 cm³/mol. The van der Waals surface area contributed by atoms with Crippen LogP contribution in [0.5, 0.6) is 0 Å². The van der Waals surface area contributed by atoms with Gasteiger partial charge in [-0.25, -0.2) is 0 Å². The lowest BCUT2D eigenvalue weighted by Gasteiger charge is -2.22. The van der Waals surface area contributed by atoms with Crippen molar-refractivity contribution in [3.05, 3.63) is 164 Å². The molecule has 0 unspecified atom stereocenters. The van der Waals surface area contributed by atoms with Crippen LogP contribution in [0.2, 0.25) is 0 Å². The molecule has 0 bridgehead atoms. The van der Waals surface area contributed by atoms with E-state index < -0.39 is 0 Å². The maximum atomic E-state index is 2.43. The molecule has 0 fully saturated rings. The van der Waals surface area contributed by atoms with Crippen molar-refractivity contribution in [1.82, 2.24) is 4.57 Å². The molecule has 1 nitrogen and oxygen atoms in total. The summed E-state index contributed by atoms with van der Waals surface area (Å²) in [6, 6.07) is 60.2. The first-order chi connectivity index (χ1) is 22.8. The first-order valence-electron chi connectivity index (χ1n) is 15.8. The van der Waals surface area contributed by atoms with Gasteiger partial charge in [-0.15, -0.1) is 0 Å². The van der Waals surface area contributed by atoms with Gasteiger partial charge >= 0.3 is 0 Å². The summed E-state index contributed by atoms with van der Waals surface area (Å²) in [6.07, 6.45) is 0. The third kappa shape index (κ3) is 3.71. The maximum absolute atomic E-state index is 2.43. The molecule has 46 heavy (non-hydrogen) atoms. The molecule has 0 aliphatic carbocycles. The fraction of sp³-hybridized carbons (Fsp3) is 0. The van der Waals surface area contributed by atoms with Crippen LogP contribution in [0.4, 0.5) is 0 Å². The molecule has 0 saturated heterocycles. The topological polar surface area (TPSA) is 4.93 Å². The first kappa shape index (κ1) is 25.7. The van der Waals surface area contributed by atoms with Crippen molar-refractivity contribution in [2.75, 3.05) is 0 Å². The molecule has 0 N–H and O–H groups in total. The van der Waals surface area contributed by atoms with E-state index in [9.17, 15) is 0 Å². The molecular weight excluding hydrogens is 575 g/mol. The normalized spacial score (nSPS) is 12.3. The van der Waals surface area contributed by atoms with Gasteiger partial charge in [-0.05, 0) is 80.6 Å². The van der Waals surface area contributed by atoms with Crippen molar-refractivity contribution in [3.8, 4) is 39.1 Å². The molecule has 214 valence electrons. The van der Waals surface area contributed by atoms with Crippen molar-refractivity contribution in [2.24, 2.45) is 0 Å². The van der Waals surface area contributed by atoms with Crippen LogP contribution in [-0.4, -0.2) is 4.57 Å². The van der Waals surface area contributed by atoms with Crippen molar-refractivity contribution in [2.45, 2.75) is 9.79 Å². The molecule has 1 aliphatic heterocycles. The second-order valence-electron chi connectivity index (χ2n) is 12.1. The summed E-state index contributed by atoms with van der Waals surface area (Å²) in [4.78, 5) is 2.65. The second-order valence-corrected chi connectivity index (χ2v) is 13.2. The van der Waals surface area contributed by atoms with Crippen LogP contribution < -0.4 is 0 Å². The number of benzene rings is 8. The molecule has 2 heterocycles. The molecule has 0 amide bonds. The van der Waals surface area contributed by atoms with Gasteiger partial charge in [0.15, 0.2) is 0 Å². The summed E-state index contributed by atoms with van der Waals surface area (Å²) in [5.74, 6) is 0. The standard InChI is InChI=1S/C44H27NS/c1-2-11-30(12-3-1)45-40-19-8-6-15-34(40)38-24-23-28-21-22-29(27-39(28)44(38)45)31-13-4-5-14-32(31)33-25-26-42-43-36(33)17-10-18-37(43)35-16-7-9-20-41(35)46-42/h1-27H. The molecule has 8 aromatic carbocycles. The zero-order valence-electron chi connectivity index (χ0n) is 24.9. The van der Waals surface area contributed by atoms with Crippen LogP contribution in [-0.2, 0) is 0 Å². The van der Waals surface area contributed by atoms with Crippen LogP contribution >= 0.6 is 11.8 Å². The molecule has 0 saturated carbocycles. The first-order valence-corrected chi connectivity index (χ1v) is 16.6. The van der Waals surface area contributed by atoms with Gasteiger partial charge in [-0.3, -0.25) is 0 Å². The fourth-order valence-electron chi connectivity index (χ4n) is 7.58. The Labute approximate surface area is 271 Å². The number of para-hydroxylation sites is 2. The van der Waals surface area contributed by atoms with E-state index in [-0.39, 0.29) is 0 Å². The number of aromatic nitrogens is 1. The second kappa shape index (κ2) is 9.97. The SMILES string of the molecule is c1ccc(-n2c3ccccc3c3ccc4ccc(-c5ccccc5-c5ccc6c7c(cccc57)-c5ccccc5S6)cc4c32)cc1. The summed E-state index contributed by atoms with van der Waals surface area (Å²) < 4.78 is 2.43. The van der Waals surface area contributed by atoms with Crippen molar-refractivity contribution < 1.29 is 0 Å². The highest BCUT2D eigenvalue weighted by Gasteiger charge is 2.22. The lowest BCUT2D eigenvalue weighted by molar-refractivity contribution is 1.19. The van der Waals surface area contributed by atoms with Gasteiger partial charge in [0.1, 0.15) is 0 Å². The van der Waals surface area contributed by atoms with E-state index in [0.29, 0.717) is 0 Å². The number of rotatable bonds is 3. The lowest BCUT2D eigenvalue weighted by atomic mass is 9.88. The van der Waals surface area contributed by atoms with Crippen LogP contribution in [0.15, 0.2) is 174 Å². The van der Waals surface area contributed by atoms with Gasteiger partial charge in [0.25, 0.3) is 0 Å². The van der Waals surface area contributed by atoms with Gasteiger partial charge in [0, 0.05) is 37.0 Å². The van der Waals surface area contributed by atoms with Crippen molar-refractivity contribution >= 4 is 55.1 Å². The average Bonchev–Trinajstić information content (AvgIpc) is 3.47. The minimum Gasteiger partial charge on any atom is -0.309 e. The van der Waals surface area contributed by atoms with Gasteiger partial charge < -0.3 is 4.57 Å². The summed E-state index contributed by atoms with van der Waals surface area (Å²) in [5, 5.41) is 7.71. The van der Waals surface area contributed by atoms with Crippen LogP contribution in [0.3, 0.4) is 0 Å². The van der Waals surface area contributed by atoms with Crippen LogP contribution in [0.25, 0.3) is 82.4 Å². The van der Waals surface area contributed by atoms with E-state index in [1.807, 2.05) is 11.8 Å². The quantitative estimate of drug-likeness (QED) is 0.195. The minimum atomic E-state index is 1.18. The molecule has 0 radical (unpaired) electrons. The third-order valence-corrected chi connectivity index (χ3v) is 10.7. The minimum absolute atomic E-state index is 1.18. The molecule has 9 aromatic rings. The summed E-state index contributed by atoms with van der Waals surface area (Å²) >= 11 is 1.88. The van der Waals surface area contributed by atoms with Gasteiger partial charge in [0.2, 0.25) is 0 Å². The maximum Gasteiger partial charge on any atom is 0.0619 e. The Balaban J connectivity index is 1.23. The van der Waals surface area contributed by atoms with Crippen LogP contribution in [0, 0.1) is 0 Å². The third-order valence-electron chi connectivity index (χ3n) is 9.59. The molecule has 2 heteroatoms. The van der Waals surface area contributed by atoms with E-state index in [1.54, 1.807) is 0 Å². The molecule has 1 aliphatic rings. The van der Waals surface area contributed by atoms with Gasteiger partial charge in [-0.1, -0.05) is 139 Å². The lowest BCUT2D eigenvalue weighted by Crippen LogP contribution is -1.95. The molecule has 1 aromatic heterocycles. The van der Waals surface area contributed by atoms with Crippen molar-refractivity contribution in [1.29, 1.82) is 0 Å². The fourth-order valence-corrected chi connectivity index (χ4v) is 8.71. The molecule has 0 atom stereocenters. The molecule has 10 rings (SSSR count). The zero-order chi connectivity index (χ0) is 30.2. The Hall–Kier alpha value is -5.57. The largest absolute Gasteiger partial charge is 0.309 e. The smallest absolute Gasteiger partial charge is 0.0619 e. The predicted octanol–water partition coefficient (Wildman–Crippen LogP) is 12.6.